The lowest BCUT2D eigenvalue weighted by molar-refractivity contribution is 0.0529. The van der Waals surface area contributed by atoms with Crippen molar-refractivity contribution in [1.82, 2.24) is 10.2 Å². The Balaban J connectivity index is 1.80. The highest BCUT2D eigenvalue weighted by molar-refractivity contribution is 4.91. The molecule has 124 valence electrons. The van der Waals surface area contributed by atoms with E-state index in [-0.39, 0.29) is 6.10 Å². The van der Waals surface area contributed by atoms with Crippen LogP contribution in [-0.4, -0.2) is 48.8 Å². The fraction of sp³-hybridized carbons (Fsp3) is 1.00. The molecule has 1 atom stereocenters. The van der Waals surface area contributed by atoms with Crippen molar-refractivity contribution in [3.8, 4) is 0 Å². The van der Waals surface area contributed by atoms with Crippen molar-refractivity contribution in [3.63, 3.8) is 0 Å². The number of rotatable bonds is 7. The number of nitrogens with one attached hydrogen (secondary N) is 1. The Morgan fingerprint density at radius 2 is 1.76 bits per heavy atom. The van der Waals surface area contributed by atoms with Crippen LogP contribution in [0.5, 0.6) is 0 Å². The van der Waals surface area contributed by atoms with E-state index in [1.807, 2.05) is 6.92 Å². The van der Waals surface area contributed by atoms with Gasteiger partial charge in [-0.1, -0.05) is 26.7 Å². The predicted octanol–water partition coefficient (Wildman–Crippen LogP) is 2.89. The van der Waals surface area contributed by atoms with Gasteiger partial charge in [-0.2, -0.15) is 0 Å². The molecule has 0 aromatic rings. The normalized spacial score (nSPS) is 25.6. The molecule has 1 unspecified atom stereocenters. The first-order valence-electron chi connectivity index (χ1n) is 9.12. The summed E-state index contributed by atoms with van der Waals surface area (Å²) in [6.07, 6.45) is 7.84. The number of aliphatic hydroxyl groups excluding tert-OH is 1. The number of likely N-dealkylation sites (tertiary alicyclic amines) is 1. The maximum absolute atomic E-state index is 9.74. The molecule has 0 amide bonds. The van der Waals surface area contributed by atoms with Crippen LogP contribution in [0, 0.1) is 17.3 Å². The molecule has 0 aromatic heterocycles. The molecule has 1 saturated heterocycles. The van der Waals surface area contributed by atoms with Crippen molar-refractivity contribution < 1.29 is 5.11 Å². The van der Waals surface area contributed by atoms with Crippen molar-refractivity contribution in [2.24, 2.45) is 17.3 Å². The molecule has 0 aromatic carbocycles. The fourth-order valence-corrected chi connectivity index (χ4v) is 4.21. The number of nitrogens with zero attached hydrogens (tertiary/aromatic N) is 1. The summed E-state index contributed by atoms with van der Waals surface area (Å²) < 4.78 is 0. The quantitative estimate of drug-likeness (QED) is 0.758. The van der Waals surface area contributed by atoms with E-state index >= 15 is 0 Å². The van der Waals surface area contributed by atoms with Crippen LogP contribution in [0.1, 0.15) is 59.3 Å². The van der Waals surface area contributed by atoms with Gasteiger partial charge in [-0.3, -0.25) is 0 Å². The lowest BCUT2D eigenvalue weighted by atomic mass is 9.83. The Bertz CT molecular complexity index is 290. The monoisotopic (exact) mass is 296 g/mol. The third-order valence-corrected chi connectivity index (χ3v) is 5.59. The molecule has 2 aliphatic rings. The SMILES string of the molecule is CC(C)CNCC1(CN2CCC(C(C)O)CC2)CCCC1. The number of hydrogen-bond acceptors (Lipinski definition) is 3. The first-order chi connectivity index (χ1) is 10.0. The fourth-order valence-electron chi connectivity index (χ4n) is 4.21. The first-order valence-corrected chi connectivity index (χ1v) is 9.12. The molecule has 1 aliphatic heterocycles. The third kappa shape index (κ3) is 5.22. The van der Waals surface area contributed by atoms with Crippen LogP contribution >= 0.6 is 0 Å². The maximum atomic E-state index is 9.74. The third-order valence-electron chi connectivity index (χ3n) is 5.59. The van der Waals surface area contributed by atoms with E-state index in [0.717, 1.165) is 12.5 Å². The minimum absolute atomic E-state index is 0.125. The van der Waals surface area contributed by atoms with Crippen molar-refractivity contribution in [1.29, 1.82) is 0 Å². The van der Waals surface area contributed by atoms with Crippen LogP contribution in [-0.2, 0) is 0 Å². The zero-order chi connectivity index (χ0) is 15.3. The maximum Gasteiger partial charge on any atom is 0.0541 e. The molecular formula is C18H36N2O. The smallest absolute Gasteiger partial charge is 0.0541 e. The van der Waals surface area contributed by atoms with E-state index < -0.39 is 0 Å². The van der Waals surface area contributed by atoms with Gasteiger partial charge >= 0.3 is 0 Å². The number of hydrogen-bond donors (Lipinski definition) is 2. The molecule has 1 saturated carbocycles. The average Bonchev–Trinajstić information content (AvgIpc) is 2.87. The molecular weight excluding hydrogens is 260 g/mol. The summed E-state index contributed by atoms with van der Waals surface area (Å²) >= 11 is 0. The molecule has 2 rings (SSSR count). The standard InChI is InChI=1S/C18H36N2O/c1-15(2)12-19-13-18(8-4-5-9-18)14-20-10-6-17(7-11-20)16(3)21/h15-17,19,21H,4-14H2,1-3H3. The molecule has 21 heavy (non-hydrogen) atoms. The van der Waals surface area contributed by atoms with Crippen LogP contribution in [0.25, 0.3) is 0 Å². The summed E-state index contributed by atoms with van der Waals surface area (Å²) in [4.78, 5) is 2.67. The van der Waals surface area contributed by atoms with Gasteiger partial charge in [0.05, 0.1) is 6.10 Å². The molecule has 0 spiro atoms. The highest BCUT2D eigenvalue weighted by Gasteiger charge is 2.36. The van der Waals surface area contributed by atoms with E-state index in [9.17, 15) is 5.11 Å². The largest absolute Gasteiger partial charge is 0.393 e. The highest BCUT2D eigenvalue weighted by Crippen LogP contribution is 2.39. The molecule has 0 bridgehead atoms. The van der Waals surface area contributed by atoms with Crippen molar-refractivity contribution in [3.05, 3.63) is 0 Å². The molecule has 1 aliphatic carbocycles. The number of piperidine rings is 1. The molecule has 0 radical (unpaired) electrons. The van der Waals surface area contributed by atoms with Gasteiger partial charge in [0.15, 0.2) is 0 Å². The van der Waals surface area contributed by atoms with Crippen molar-refractivity contribution in [2.75, 3.05) is 32.7 Å². The van der Waals surface area contributed by atoms with Gasteiger partial charge < -0.3 is 15.3 Å². The Hall–Kier alpha value is -0.120. The van der Waals surface area contributed by atoms with Crippen LogP contribution in [0.4, 0.5) is 0 Å². The molecule has 3 nitrogen and oxygen atoms in total. The molecule has 1 heterocycles. The summed E-state index contributed by atoms with van der Waals surface area (Å²) in [5.41, 5.74) is 0.520. The second kappa shape index (κ2) is 7.94. The van der Waals surface area contributed by atoms with Crippen LogP contribution in [0.2, 0.25) is 0 Å². The van der Waals surface area contributed by atoms with E-state index in [0.29, 0.717) is 11.3 Å². The topological polar surface area (TPSA) is 35.5 Å². The Morgan fingerprint density at radius 3 is 2.29 bits per heavy atom. The summed E-state index contributed by atoms with van der Waals surface area (Å²) in [7, 11) is 0. The summed E-state index contributed by atoms with van der Waals surface area (Å²) in [5, 5.41) is 13.5. The van der Waals surface area contributed by atoms with Gasteiger partial charge in [-0.05, 0) is 69.5 Å². The summed E-state index contributed by atoms with van der Waals surface area (Å²) in [5.74, 6) is 1.27. The second-order valence-electron chi connectivity index (χ2n) is 8.09. The molecule has 2 fully saturated rings. The van der Waals surface area contributed by atoms with E-state index in [1.165, 1.54) is 64.7 Å². The molecule has 3 heteroatoms. The lowest BCUT2D eigenvalue weighted by Crippen LogP contribution is -2.46. The van der Waals surface area contributed by atoms with Gasteiger partial charge in [0.2, 0.25) is 0 Å². The average molecular weight is 296 g/mol. The van der Waals surface area contributed by atoms with Gasteiger partial charge in [0, 0.05) is 13.1 Å². The van der Waals surface area contributed by atoms with Crippen molar-refractivity contribution in [2.45, 2.75) is 65.4 Å². The Kier molecular flexibility index (Phi) is 6.51. The van der Waals surface area contributed by atoms with E-state index in [1.54, 1.807) is 0 Å². The van der Waals surface area contributed by atoms with Crippen LogP contribution in [0.3, 0.4) is 0 Å². The highest BCUT2D eigenvalue weighted by atomic mass is 16.3. The Morgan fingerprint density at radius 1 is 1.14 bits per heavy atom. The first kappa shape index (κ1) is 17.2. The van der Waals surface area contributed by atoms with Gasteiger partial charge in [-0.15, -0.1) is 0 Å². The van der Waals surface area contributed by atoms with Gasteiger partial charge in [0.25, 0.3) is 0 Å². The van der Waals surface area contributed by atoms with Crippen LogP contribution in [0.15, 0.2) is 0 Å². The summed E-state index contributed by atoms with van der Waals surface area (Å²) in [6.45, 7) is 12.5. The minimum Gasteiger partial charge on any atom is -0.393 e. The minimum atomic E-state index is -0.125. The predicted molar refractivity (Wildman–Crippen MR) is 89.5 cm³/mol. The Labute approximate surface area is 131 Å². The van der Waals surface area contributed by atoms with Gasteiger partial charge in [0.1, 0.15) is 0 Å². The summed E-state index contributed by atoms with van der Waals surface area (Å²) in [6, 6.07) is 0. The zero-order valence-corrected chi connectivity index (χ0v) is 14.4. The van der Waals surface area contributed by atoms with Crippen LogP contribution < -0.4 is 5.32 Å². The van der Waals surface area contributed by atoms with Crippen molar-refractivity contribution >= 4 is 0 Å². The van der Waals surface area contributed by atoms with E-state index in [4.69, 9.17) is 0 Å². The lowest BCUT2D eigenvalue weighted by Gasteiger charge is -2.40. The van der Waals surface area contributed by atoms with Gasteiger partial charge in [-0.25, -0.2) is 0 Å². The zero-order valence-electron chi connectivity index (χ0n) is 14.4. The molecule has 2 N–H and O–H groups in total. The second-order valence-corrected chi connectivity index (χ2v) is 8.09. The number of aliphatic hydroxyl groups is 1. The van der Waals surface area contributed by atoms with E-state index in [2.05, 4.69) is 24.1 Å².